The van der Waals surface area contributed by atoms with Crippen molar-refractivity contribution in [3.63, 3.8) is 0 Å². The molecule has 0 radical (unpaired) electrons. The first-order chi connectivity index (χ1) is 10.8. The summed E-state index contributed by atoms with van der Waals surface area (Å²) in [5.74, 6) is -0.538. The minimum absolute atomic E-state index is 0.0823. The SMILES string of the molecule is CNC(=O)Cn1cc(NC(=O)C(C)(N)c2ccc(Br)cc2)cn1. The summed E-state index contributed by atoms with van der Waals surface area (Å²) in [4.78, 5) is 23.7. The summed E-state index contributed by atoms with van der Waals surface area (Å²) in [7, 11) is 1.55. The predicted octanol–water partition coefficient (Wildman–Crippen LogP) is 1.20. The Balaban J connectivity index is 2.08. The molecule has 4 N–H and O–H groups in total. The molecule has 0 bridgehead atoms. The van der Waals surface area contributed by atoms with Crippen LogP contribution in [0.2, 0.25) is 0 Å². The van der Waals surface area contributed by atoms with Crippen LogP contribution < -0.4 is 16.4 Å². The normalized spacial score (nSPS) is 13.2. The minimum atomic E-state index is -1.19. The molecule has 0 aliphatic rings. The van der Waals surface area contributed by atoms with Gasteiger partial charge in [-0.05, 0) is 24.6 Å². The maximum absolute atomic E-state index is 12.4. The monoisotopic (exact) mass is 379 g/mol. The number of nitrogens with one attached hydrogen (secondary N) is 2. The Hall–Kier alpha value is -2.19. The van der Waals surface area contributed by atoms with Gasteiger partial charge in [0.25, 0.3) is 0 Å². The van der Waals surface area contributed by atoms with E-state index >= 15 is 0 Å². The molecule has 122 valence electrons. The molecule has 2 aromatic rings. The number of hydrogen-bond donors (Lipinski definition) is 3. The molecule has 0 aliphatic heterocycles. The van der Waals surface area contributed by atoms with E-state index in [1.54, 1.807) is 32.3 Å². The average molecular weight is 380 g/mol. The van der Waals surface area contributed by atoms with E-state index in [1.807, 2.05) is 12.1 Å². The quantitative estimate of drug-likeness (QED) is 0.726. The number of aromatic nitrogens is 2. The molecule has 1 heterocycles. The Morgan fingerprint density at radius 1 is 1.35 bits per heavy atom. The molecule has 1 aromatic carbocycles. The van der Waals surface area contributed by atoms with Crippen molar-refractivity contribution >= 4 is 33.4 Å². The Morgan fingerprint density at radius 2 is 2.00 bits per heavy atom. The first-order valence-electron chi connectivity index (χ1n) is 6.92. The highest BCUT2D eigenvalue weighted by molar-refractivity contribution is 9.10. The van der Waals surface area contributed by atoms with Gasteiger partial charge in [-0.25, -0.2) is 0 Å². The minimum Gasteiger partial charge on any atom is -0.358 e. The molecule has 8 heteroatoms. The predicted molar refractivity (Wildman–Crippen MR) is 90.6 cm³/mol. The van der Waals surface area contributed by atoms with Crippen LogP contribution in [0.15, 0.2) is 41.1 Å². The highest BCUT2D eigenvalue weighted by Gasteiger charge is 2.30. The van der Waals surface area contributed by atoms with Crippen LogP contribution in [0.25, 0.3) is 0 Å². The van der Waals surface area contributed by atoms with Crippen molar-refractivity contribution in [2.75, 3.05) is 12.4 Å². The maximum Gasteiger partial charge on any atom is 0.248 e. The zero-order valence-corrected chi connectivity index (χ0v) is 14.4. The first kappa shape index (κ1) is 17.2. The molecular weight excluding hydrogens is 362 g/mol. The molecule has 1 aromatic heterocycles. The number of halogens is 1. The largest absolute Gasteiger partial charge is 0.358 e. The topological polar surface area (TPSA) is 102 Å². The molecule has 0 saturated carbocycles. The number of hydrogen-bond acceptors (Lipinski definition) is 4. The Morgan fingerprint density at radius 3 is 2.61 bits per heavy atom. The summed E-state index contributed by atoms with van der Waals surface area (Å²) < 4.78 is 2.34. The van der Waals surface area contributed by atoms with Gasteiger partial charge in [-0.2, -0.15) is 5.10 Å². The third-order valence-corrected chi connectivity index (χ3v) is 3.92. The van der Waals surface area contributed by atoms with E-state index < -0.39 is 5.54 Å². The summed E-state index contributed by atoms with van der Waals surface area (Å²) in [5.41, 5.74) is 6.15. The summed E-state index contributed by atoms with van der Waals surface area (Å²) in [6.07, 6.45) is 3.04. The Labute approximate surface area is 142 Å². The van der Waals surface area contributed by atoms with Crippen molar-refractivity contribution in [1.29, 1.82) is 0 Å². The lowest BCUT2D eigenvalue weighted by Crippen LogP contribution is -2.45. The van der Waals surface area contributed by atoms with Crippen LogP contribution in [0.5, 0.6) is 0 Å². The van der Waals surface area contributed by atoms with Crippen LogP contribution in [0.3, 0.4) is 0 Å². The number of carbonyl (C=O) groups excluding carboxylic acids is 2. The van der Waals surface area contributed by atoms with E-state index in [2.05, 4.69) is 31.7 Å². The Bertz CT molecular complexity index is 709. The number of likely N-dealkylation sites (N-methyl/N-ethyl adjacent to an activating group) is 1. The number of nitrogens with two attached hydrogens (primary N) is 1. The number of anilines is 1. The van der Waals surface area contributed by atoms with Gasteiger partial charge in [-0.3, -0.25) is 14.3 Å². The van der Waals surface area contributed by atoms with Gasteiger partial charge >= 0.3 is 0 Å². The van der Waals surface area contributed by atoms with Gasteiger partial charge < -0.3 is 16.4 Å². The van der Waals surface area contributed by atoms with E-state index in [1.165, 1.54) is 10.9 Å². The lowest BCUT2D eigenvalue weighted by molar-refractivity contribution is -0.121. The molecular formula is C15H18BrN5O2. The third kappa shape index (κ3) is 4.17. The van der Waals surface area contributed by atoms with E-state index in [9.17, 15) is 9.59 Å². The van der Waals surface area contributed by atoms with Crippen molar-refractivity contribution in [1.82, 2.24) is 15.1 Å². The van der Waals surface area contributed by atoms with Gasteiger partial charge in [0, 0.05) is 17.7 Å². The summed E-state index contributed by atoms with van der Waals surface area (Å²) >= 11 is 3.35. The zero-order chi connectivity index (χ0) is 17.0. The van der Waals surface area contributed by atoms with Gasteiger partial charge in [-0.1, -0.05) is 28.1 Å². The second-order valence-corrected chi connectivity index (χ2v) is 6.18. The Kier molecular flexibility index (Phi) is 5.17. The summed E-state index contributed by atoms with van der Waals surface area (Å²) in [6, 6.07) is 7.24. The van der Waals surface area contributed by atoms with Crippen LogP contribution in [-0.2, 0) is 21.7 Å². The second kappa shape index (κ2) is 6.93. The van der Waals surface area contributed by atoms with Gasteiger partial charge in [0.2, 0.25) is 11.8 Å². The molecule has 1 unspecified atom stereocenters. The molecule has 0 saturated heterocycles. The first-order valence-corrected chi connectivity index (χ1v) is 7.71. The zero-order valence-electron chi connectivity index (χ0n) is 12.8. The summed E-state index contributed by atoms with van der Waals surface area (Å²) in [5, 5.41) is 9.24. The maximum atomic E-state index is 12.4. The average Bonchev–Trinajstić information content (AvgIpc) is 2.94. The number of rotatable bonds is 5. The number of benzene rings is 1. The van der Waals surface area contributed by atoms with Crippen molar-refractivity contribution in [3.8, 4) is 0 Å². The van der Waals surface area contributed by atoms with Gasteiger partial charge in [0.15, 0.2) is 0 Å². The van der Waals surface area contributed by atoms with E-state index in [0.29, 0.717) is 11.3 Å². The third-order valence-electron chi connectivity index (χ3n) is 3.39. The fraction of sp³-hybridized carbons (Fsp3) is 0.267. The van der Waals surface area contributed by atoms with Crippen LogP contribution >= 0.6 is 15.9 Å². The van der Waals surface area contributed by atoms with Crippen LogP contribution in [0.4, 0.5) is 5.69 Å². The van der Waals surface area contributed by atoms with Crippen molar-refractivity contribution in [2.24, 2.45) is 5.73 Å². The lowest BCUT2D eigenvalue weighted by atomic mass is 9.92. The molecule has 0 fully saturated rings. The van der Waals surface area contributed by atoms with Gasteiger partial charge in [0.1, 0.15) is 12.1 Å². The molecule has 2 rings (SSSR count). The summed E-state index contributed by atoms with van der Waals surface area (Å²) in [6.45, 7) is 1.72. The number of amides is 2. The van der Waals surface area contributed by atoms with Gasteiger partial charge in [0.05, 0.1) is 11.9 Å². The molecule has 0 spiro atoms. The van der Waals surface area contributed by atoms with E-state index in [-0.39, 0.29) is 18.4 Å². The van der Waals surface area contributed by atoms with Crippen LogP contribution in [0, 0.1) is 0 Å². The fourth-order valence-corrected chi connectivity index (χ4v) is 2.19. The number of nitrogens with zero attached hydrogens (tertiary/aromatic N) is 2. The van der Waals surface area contributed by atoms with Crippen LogP contribution in [0.1, 0.15) is 12.5 Å². The van der Waals surface area contributed by atoms with E-state index in [4.69, 9.17) is 5.73 Å². The van der Waals surface area contributed by atoms with Crippen LogP contribution in [-0.4, -0.2) is 28.6 Å². The molecule has 1 atom stereocenters. The molecule has 23 heavy (non-hydrogen) atoms. The number of carbonyl (C=O) groups is 2. The molecule has 0 aliphatic carbocycles. The van der Waals surface area contributed by atoms with Crippen molar-refractivity contribution in [3.05, 3.63) is 46.7 Å². The van der Waals surface area contributed by atoms with Crippen molar-refractivity contribution < 1.29 is 9.59 Å². The lowest BCUT2D eigenvalue weighted by Gasteiger charge is -2.23. The highest BCUT2D eigenvalue weighted by atomic mass is 79.9. The van der Waals surface area contributed by atoms with E-state index in [0.717, 1.165) is 4.47 Å². The second-order valence-electron chi connectivity index (χ2n) is 5.26. The van der Waals surface area contributed by atoms with Gasteiger partial charge in [-0.15, -0.1) is 0 Å². The standard InChI is InChI=1S/C15H18BrN5O2/c1-15(17,10-3-5-11(16)6-4-10)14(23)20-12-7-19-21(8-12)9-13(22)18-2/h3-8H,9,17H2,1-2H3,(H,18,22)(H,20,23). The smallest absolute Gasteiger partial charge is 0.248 e. The molecule has 7 nitrogen and oxygen atoms in total. The fourth-order valence-electron chi connectivity index (χ4n) is 1.93. The van der Waals surface area contributed by atoms with Crippen molar-refractivity contribution in [2.45, 2.75) is 19.0 Å². The molecule has 2 amide bonds. The highest BCUT2D eigenvalue weighted by Crippen LogP contribution is 2.22.